The van der Waals surface area contributed by atoms with Crippen molar-refractivity contribution in [1.29, 1.82) is 5.41 Å². The average Bonchev–Trinajstić information content (AvgIpc) is 3.14. The van der Waals surface area contributed by atoms with E-state index in [1.165, 1.54) is 11.0 Å². The average molecular weight is 516 g/mol. The lowest BCUT2D eigenvalue weighted by Gasteiger charge is -2.24. The van der Waals surface area contributed by atoms with Crippen LogP contribution in [0.15, 0.2) is 18.2 Å². The van der Waals surface area contributed by atoms with E-state index < -0.39 is 11.2 Å². The molecule has 0 aromatic heterocycles. The molecule has 2 aromatic carbocycles. The summed E-state index contributed by atoms with van der Waals surface area (Å²) in [6, 6.07) is 4.87. The number of ketones is 1. The highest BCUT2D eigenvalue weighted by atomic mass is 19.1. The number of nitrogens with two attached hydrogens (primary N) is 1. The monoisotopic (exact) mass is 515 g/mol. The van der Waals surface area contributed by atoms with Gasteiger partial charge in [-0.05, 0) is 62.4 Å². The van der Waals surface area contributed by atoms with E-state index in [0.29, 0.717) is 36.4 Å². The van der Waals surface area contributed by atoms with Crippen LogP contribution < -0.4 is 19.9 Å². The van der Waals surface area contributed by atoms with Gasteiger partial charge in [-0.15, -0.1) is 0 Å². The van der Waals surface area contributed by atoms with Gasteiger partial charge in [0.15, 0.2) is 34.6 Å². The predicted molar refractivity (Wildman–Crippen MR) is 141 cm³/mol. The Morgan fingerprint density at radius 2 is 1.81 bits per heavy atom. The Bertz CT molecular complexity index is 1160. The summed E-state index contributed by atoms with van der Waals surface area (Å²) in [7, 11) is 0. The van der Waals surface area contributed by atoms with Crippen LogP contribution in [0.5, 0.6) is 23.0 Å². The standard InChI is InChI=1S/C28H38FN3O5/c1-6-35-22-14-18-15-32(27(31)23(18)24(29)26(22)36-7-2)16-20(33)17-12-19(28(3,4)5)25(34)21(13-17)37-11-9-8-10-30/h12-14,31,34H,6-11,15-16,30H2,1-5H3. The van der Waals surface area contributed by atoms with Gasteiger partial charge in [0.1, 0.15) is 5.84 Å². The third kappa shape index (κ3) is 6.15. The number of carbonyl (C=O) groups is 1. The van der Waals surface area contributed by atoms with Gasteiger partial charge in [-0.1, -0.05) is 20.8 Å². The zero-order chi connectivity index (χ0) is 27.3. The number of Topliss-reactive ketones (excluding diaryl/α,β-unsaturated/α-hetero) is 1. The number of rotatable bonds is 12. The largest absolute Gasteiger partial charge is 0.504 e. The lowest BCUT2D eigenvalue weighted by atomic mass is 9.84. The highest BCUT2D eigenvalue weighted by Crippen LogP contribution is 2.41. The number of ether oxygens (including phenoxy) is 3. The minimum Gasteiger partial charge on any atom is -0.504 e. The van der Waals surface area contributed by atoms with Crippen LogP contribution in [0.3, 0.4) is 0 Å². The number of phenols is 1. The van der Waals surface area contributed by atoms with E-state index in [1.54, 1.807) is 26.0 Å². The summed E-state index contributed by atoms with van der Waals surface area (Å²) in [6.45, 7) is 10.9. The third-order valence-corrected chi connectivity index (χ3v) is 6.17. The topological polar surface area (TPSA) is 118 Å². The summed E-state index contributed by atoms with van der Waals surface area (Å²) < 4.78 is 32.2. The highest BCUT2D eigenvalue weighted by molar-refractivity contribution is 6.06. The molecule has 0 saturated heterocycles. The second kappa shape index (κ2) is 11.8. The number of fused-ring (bicyclic) bond motifs is 1. The molecule has 8 nitrogen and oxygen atoms in total. The Balaban J connectivity index is 1.89. The fourth-order valence-electron chi connectivity index (χ4n) is 4.30. The van der Waals surface area contributed by atoms with Crippen LogP contribution in [-0.4, -0.2) is 54.5 Å². The van der Waals surface area contributed by atoms with Crippen LogP contribution >= 0.6 is 0 Å². The molecular weight excluding hydrogens is 477 g/mol. The summed E-state index contributed by atoms with van der Waals surface area (Å²) in [5.41, 5.74) is 6.72. The second-order valence-electron chi connectivity index (χ2n) is 10.0. The van der Waals surface area contributed by atoms with E-state index in [4.69, 9.17) is 25.4 Å². The van der Waals surface area contributed by atoms with Crippen molar-refractivity contribution in [2.45, 2.75) is 59.4 Å². The van der Waals surface area contributed by atoms with Crippen LogP contribution in [0.4, 0.5) is 4.39 Å². The predicted octanol–water partition coefficient (Wildman–Crippen LogP) is 4.77. The van der Waals surface area contributed by atoms with Gasteiger partial charge >= 0.3 is 0 Å². The van der Waals surface area contributed by atoms with Crippen molar-refractivity contribution in [1.82, 2.24) is 4.90 Å². The third-order valence-electron chi connectivity index (χ3n) is 6.17. The van der Waals surface area contributed by atoms with Crippen molar-refractivity contribution in [3.63, 3.8) is 0 Å². The van der Waals surface area contributed by atoms with Gasteiger partial charge in [0.2, 0.25) is 0 Å². The van der Waals surface area contributed by atoms with E-state index in [9.17, 15) is 9.90 Å². The normalized spacial score (nSPS) is 13.1. The van der Waals surface area contributed by atoms with Crippen LogP contribution in [0.1, 0.15) is 74.5 Å². The first-order valence-electron chi connectivity index (χ1n) is 12.7. The van der Waals surface area contributed by atoms with E-state index in [0.717, 1.165) is 12.8 Å². The zero-order valence-corrected chi connectivity index (χ0v) is 22.4. The van der Waals surface area contributed by atoms with Gasteiger partial charge in [0.25, 0.3) is 0 Å². The zero-order valence-electron chi connectivity index (χ0n) is 22.4. The minimum absolute atomic E-state index is 0.00657. The van der Waals surface area contributed by atoms with Crippen LogP contribution in [0.25, 0.3) is 0 Å². The fourth-order valence-corrected chi connectivity index (χ4v) is 4.30. The number of nitrogens with one attached hydrogen (secondary N) is 1. The molecule has 0 amide bonds. The van der Waals surface area contributed by atoms with Crippen molar-refractivity contribution >= 4 is 11.6 Å². The molecule has 1 aliphatic heterocycles. The van der Waals surface area contributed by atoms with Crippen molar-refractivity contribution in [3.8, 4) is 23.0 Å². The molecule has 0 saturated carbocycles. The summed E-state index contributed by atoms with van der Waals surface area (Å²) in [4.78, 5) is 14.9. The first-order chi connectivity index (χ1) is 17.5. The molecule has 9 heteroatoms. The lowest BCUT2D eigenvalue weighted by molar-refractivity contribution is 0.0962. The van der Waals surface area contributed by atoms with Gasteiger partial charge < -0.3 is 30.0 Å². The number of phenolic OH excluding ortho intramolecular Hbond substituents is 1. The molecular formula is C28H38FN3O5. The maximum absolute atomic E-state index is 15.4. The number of amidine groups is 1. The van der Waals surface area contributed by atoms with Crippen molar-refractivity contribution in [2.24, 2.45) is 5.73 Å². The maximum Gasteiger partial charge on any atom is 0.197 e. The number of benzene rings is 2. The number of hydrogen-bond donors (Lipinski definition) is 3. The fraction of sp³-hybridized carbons (Fsp3) is 0.500. The Kier molecular flexibility index (Phi) is 9.02. The Morgan fingerprint density at radius 3 is 2.43 bits per heavy atom. The molecule has 2 aromatic rings. The molecule has 0 aliphatic carbocycles. The number of unbranched alkanes of at least 4 members (excludes halogenated alkanes) is 1. The Hall–Kier alpha value is -3.33. The molecule has 0 atom stereocenters. The molecule has 1 heterocycles. The SMILES string of the molecule is CCOc1cc2c(c(F)c1OCC)C(=N)N(CC(=O)c1cc(OCCCCN)c(O)c(C(C)(C)C)c1)C2. The van der Waals surface area contributed by atoms with E-state index in [1.807, 2.05) is 20.8 Å². The van der Waals surface area contributed by atoms with Crippen LogP contribution in [0.2, 0.25) is 0 Å². The molecule has 0 unspecified atom stereocenters. The van der Waals surface area contributed by atoms with Crippen molar-refractivity contribution in [3.05, 3.63) is 46.3 Å². The first-order valence-corrected chi connectivity index (χ1v) is 12.7. The summed E-state index contributed by atoms with van der Waals surface area (Å²) in [5.74, 6) is -0.510. The van der Waals surface area contributed by atoms with Gasteiger partial charge in [-0.2, -0.15) is 0 Å². The summed E-state index contributed by atoms with van der Waals surface area (Å²) in [6.07, 6.45) is 1.51. The highest BCUT2D eigenvalue weighted by Gasteiger charge is 2.33. The van der Waals surface area contributed by atoms with E-state index in [-0.39, 0.29) is 59.9 Å². The lowest BCUT2D eigenvalue weighted by Crippen LogP contribution is -2.30. The number of nitrogens with zero attached hydrogens (tertiary/aromatic N) is 1. The molecule has 0 fully saturated rings. The van der Waals surface area contributed by atoms with Gasteiger partial charge in [0.05, 0.1) is 31.9 Å². The number of carbonyl (C=O) groups excluding carboxylic acids is 1. The molecule has 4 N–H and O–H groups in total. The van der Waals surface area contributed by atoms with E-state index >= 15 is 4.39 Å². The Morgan fingerprint density at radius 1 is 1.11 bits per heavy atom. The maximum atomic E-state index is 15.4. The molecule has 3 rings (SSSR count). The van der Waals surface area contributed by atoms with Crippen molar-refractivity contribution in [2.75, 3.05) is 32.9 Å². The van der Waals surface area contributed by atoms with Crippen LogP contribution in [-0.2, 0) is 12.0 Å². The molecule has 0 spiro atoms. The van der Waals surface area contributed by atoms with Gasteiger partial charge in [-0.3, -0.25) is 10.2 Å². The molecule has 0 radical (unpaired) electrons. The minimum atomic E-state index is -0.657. The smallest absolute Gasteiger partial charge is 0.197 e. The van der Waals surface area contributed by atoms with Crippen molar-refractivity contribution < 1.29 is 28.5 Å². The number of hydrogen-bond acceptors (Lipinski definition) is 7. The van der Waals surface area contributed by atoms with Crippen LogP contribution in [0, 0.1) is 11.2 Å². The van der Waals surface area contributed by atoms with Gasteiger partial charge in [0, 0.05) is 17.7 Å². The summed E-state index contributed by atoms with van der Waals surface area (Å²) >= 11 is 0. The second-order valence-corrected chi connectivity index (χ2v) is 10.0. The molecule has 0 bridgehead atoms. The molecule has 1 aliphatic rings. The molecule has 37 heavy (non-hydrogen) atoms. The van der Waals surface area contributed by atoms with Gasteiger partial charge in [-0.25, -0.2) is 4.39 Å². The quantitative estimate of drug-likeness (QED) is 0.275. The number of aromatic hydroxyl groups is 1. The number of halogens is 1. The molecule has 202 valence electrons. The Labute approximate surface area is 218 Å². The first kappa shape index (κ1) is 28.2. The summed E-state index contributed by atoms with van der Waals surface area (Å²) in [5, 5.41) is 19.4. The van der Waals surface area contributed by atoms with E-state index in [2.05, 4.69) is 0 Å².